The van der Waals surface area contributed by atoms with Crippen molar-refractivity contribution in [1.82, 2.24) is 20.3 Å². The Morgan fingerprint density at radius 1 is 0.750 bits per heavy atom. The van der Waals surface area contributed by atoms with E-state index in [1.807, 2.05) is 36.6 Å². The molecule has 6 nitrogen and oxygen atoms in total. The van der Waals surface area contributed by atoms with E-state index in [4.69, 9.17) is 5.11 Å². The molecule has 2 aromatic heterocycles. The van der Waals surface area contributed by atoms with Gasteiger partial charge in [-0.2, -0.15) is 0 Å². The number of fused-ring (bicyclic) bond motifs is 1. The number of rotatable bonds is 4. The molecule has 0 atom stereocenters. The first kappa shape index (κ1) is 49.0. The van der Waals surface area contributed by atoms with Crippen LogP contribution in [-0.4, -0.2) is 63.3 Å². The molecule has 10 heteroatoms. The maximum absolute atomic E-state index is 11.1. The number of carbonyl (C=O) groups is 1. The third-order valence-corrected chi connectivity index (χ3v) is 17.5. The average Bonchev–Trinajstić information content (AvgIpc) is 3.29. The zero-order valence-electron chi connectivity index (χ0n) is 36.0. The van der Waals surface area contributed by atoms with Crippen LogP contribution in [0.5, 0.6) is 0 Å². The molecule has 298 valence electrons. The summed E-state index contributed by atoms with van der Waals surface area (Å²) in [6, 6.07) is 10.0. The van der Waals surface area contributed by atoms with Crippen LogP contribution in [0.25, 0.3) is 22.4 Å². The molecule has 1 aliphatic rings. The fourth-order valence-electron chi connectivity index (χ4n) is 9.36. The summed E-state index contributed by atoms with van der Waals surface area (Å²) in [6.07, 6.45) is 5.50. The Kier molecular flexibility index (Phi) is 16.8. The van der Waals surface area contributed by atoms with E-state index in [2.05, 4.69) is 145 Å². The van der Waals surface area contributed by atoms with Gasteiger partial charge in [0.2, 0.25) is 0 Å². The van der Waals surface area contributed by atoms with Crippen molar-refractivity contribution in [2.45, 2.75) is 185 Å². The number of nitrogens with zero attached hydrogens (tertiary/aromatic N) is 2. The summed E-state index contributed by atoms with van der Waals surface area (Å²) < 4.78 is 0. The van der Waals surface area contributed by atoms with Gasteiger partial charge in [0.05, 0.1) is 11.7 Å². The first-order valence-corrected chi connectivity index (χ1v) is 22.4. The SMILES string of the molecule is CC(C)(C)P(C(C)(C)C)C(C)(C)C.CC(C)(C)P(C(C)(C)C)C(C)(C)C.CSc1cnc2cc(-c3ccc(C4(NC(=O)O)CCC4)cc3)[nH]c2n1.[Pd]. The van der Waals surface area contributed by atoms with Crippen molar-refractivity contribution in [3.8, 4) is 11.3 Å². The number of thioether (sulfide) groups is 1. The van der Waals surface area contributed by atoms with E-state index in [1.54, 1.807) is 18.0 Å². The van der Waals surface area contributed by atoms with Gasteiger partial charge in [0, 0.05) is 26.1 Å². The molecule has 0 radical (unpaired) electrons. The van der Waals surface area contributed by atoms with Crippen LogP contribution in [0.4, 0.5) is 4.79 Å². The van der Waals surface area contributed by atoms with Crippen molar-refractivity contribution in [3.05, 3.63) is 42.1 Å². The van der Waals surface area contributed by atoms with Crippen LogP contribution < -0.4 is 5.32 Å². The molecule has 2 heterocycles. The molecule has 4 rings (SSSR count). The van der Waals surface area contributed by atoms with Crippen LogP contribution in [0.1, 0.15) is 149 Å². The van der Waals surface area contributed by atoms with Crippen molar-refractivity contribution in [3.63, 3.8) is 0 Å². The third kappa shape index (κ3) is 13.6. The molecule has 0 saturated heterocycles. The van der Waals surface area contributed by atoms with E-state index < -0.39 is 11.6 Å². The van der Waals surface area contributed by atoms with Crippen molar-refractivity contribution in [2.24, 2.45) is 0 Å². The van der Waals surface area contributed by atoms with E-state index >= 15 is 0 Å². The molecule has 0 aliphatic heterocycles. The summed E-state index contributed by atoms with van der Waals surface area (Å²) in [5.41, 5.74) is 4.17. The van der Waals surface area contributed by atoms with E-state index in [-0.39, 0.29) is 36.3 Å². The first-order valence-electron chi connectivity index (χ1n) is 18.5. The van der Waals surface area contributed by atoms with Crippen molar-refractivity contribution in [2.75, 3.05) is 6.26 Å². The molecule has 3 N–H and O–H groups in total. The number of nitrogens with one attached hydrogen (secondary N) is 2. The molecular formula is C42H72N4O2P2PdS. The molecular weight excluding hydrogens is 793 g/mol. The van der Waals surface area contributed by atoms with Crippen molar-refractivity contribution in [1.29, 1.82) is 0 Å². The Balaban J connectivity index is 0.000000430. The zero-order valence-corrected chi connectivity index (χ0v) is 40.1. The first-order chi connectivity index (χ1) is 22.8. The summed E-state index contributed by atoms with van der Waals surface area (Å²) in [5, 5.41) is 15.4. The van der Waals surface area contributed by atoms with Gasteiger partial charge >= 0.3 is 6.09 Å². The van der Waals surface area contributed by atoms with Crippen LogP contribution >= 0.6 is 27.6 Å². The number of amides is 1. The molecule has 1 aromatic carbocycles. The Hall–Kier alpha value is -1.02. The second kappa shape index (κ2) is 17.8. The zero-order chi connectivity index (χ0) is 39.6. The fourth-order valence-corrected chi connectivity index (χ4v) is 21.8. The Morgan fingerprint density at radius 3 is 1.44 bits per heavy atom. The van der Waals surface area contributed by atoms with Crippen LogP contribution in [0.3, 0.4) is 0 Å². The molecule has 1 fully saturated rings. The Bertz CT molecular complexity index is 1470. The second-order valence-electron chi connectivity index (χ2n) is 20.0. The van der Waals surface area contributed by atoms with Gasteiger partial charge in [-0.05, 0) is 73.6 Å². The van der Waals surface area contributed by atoms with Gasteiger partial charge in [-0.15, -0.1) is 11.8 Å². The van der Waals surface area contributed by atoms with E-state index in [1.165, 1.54) is 0 Å². The van der Waals surface area contributed by atoms with E-state index in [9.17, 15) is 4.79 Å². The Labute approximate surface area is 338 Å². The summed E-state index contributed by atoms with van der Waals surface area (Å²) in [7, 11) is 0.0324. The number of aromatic nitrogens is 3. The fraction of sp³-hybridized carbons (Fsp3) is 0.690. The van der Waals surface area contributed by atoms with Gasteiger partial charge in [-0.25, -0.2) is 9.78 Å². The van der Waals surface area contributed by atoms with Gasteiger partial charge in [0.1, 0.15) is 10.5 Å². The van der Waals surface area contributed by atoms with Crippen LogP contribution in [0.15, 0.2) is 41.6 Å². The van der Waals surface area contributed by atoms with Gasteiger partial charge in [0.15, 0.2) is 5.65 Å². The smallest absolute Gasteiger partial charge is 0.405 e. The van der Waals surface area contributed by atoms with E-state index in [0.717, 1.165) is 52.3 Å². The maximum Gasteiger partial charge on any atom is 0.405 e. The van der Waals surface area contributed by atoms with Crippen molar-refractivity contribution < 1.29 is 30.3 Å². The monoisotopic (exact) mass is 864 g/mol. The maximum atomic E-state index is 11.1. The summed E-state index contributed by atoms with van der Waals surface area (Å²) in [6.45, 7) is 42.9. The number of H-pyrrole nitrogens is 1. The largest absolute Gasteiger partial charge is 0.465 e. The van der Waals surface area contributed by atoms with Crippen LogP contribution in [-0.2, 0) is 26.0 Å². The average molecular weight is 865 g/mol. The van der Waals surface area contributed by atoms with Gasteiger partial charge in [-0.1, -0.05) is 165 Å². The number of hydrogen-bond donors (Lipinski definition) is 3. The van der Waals surface area contributed by atoms with Crippen LogP contribution in [0.2, 0.25) is 0 Å². The standard InChI is InChI=1S/C18H18N4O2S.2C12H27P.Pd/c1-25-15-10-19-14-9-13(20-16(14)21-15)11-3-5-12(6-4-11)18(7-2-8-18)22-17(23)24;2*1-10(2,3)13(11(4,5)6)12(7,8)9;/h3-6,9-10,22H,2,7-8H2,1H3,(H,20,21)(H,23,24);2*1-9H3;. The summed E-state index contributed by atoms with van der Waals surface area (Å²) in [4.78, 5) is 23.3. The minimum Gasteiger partial charge on any atom is -0.465 e. The number of aromatic amines is 1. The predicted octanol–water partition coefficient (Wildman–Crippen LogP) is 13.7. The van der Waals surface area contributed by atoms with E-state index in [0.29, 0.717) is 30.9 Å². The normalized spacial score (nSPS) is 15.2. The summed E-state index contributed by atoms with van der Waals surface area (Å²) in [5.74, 6) is 0. The minimum absolute atomic E-state index is 0. The topological polar surface area (TPSA) is 90.9 Å². The van der Waals surface area contributed by atoms with Gasteiger partial charge < -0.3 is 15.4 Å². The number of hydrogen-bond acceptors (Lipinski definition) is 4. The van der Waals surface area contributed by atoms with Crippen molar-refractivity contribution >= 4 is 44.9 Å². The molecule has 0 bridgehead atoms. The number of carboxylic acid groups (broad SMARTS) is 1. The molecule has 0 spiro atoms. The quantitative estimate of drug-likeness (QED) is 0.138. The van der Waals surface area contributed by atoms with Gasteiger partial charge in [0.25, 0.3) is 0 Å². The minimum atomic E-state index is -0.971. The Morgan fingerprint density at radius 2 is 1.15 bits per heavy atom. The van der Waals surface area contributed by atoms with Gasteiger partial charge in [-0.3, -0.25) is 4.98 Å². The summed E-state index contributed by atoms with van der Waals surface area (Å²) >= 11 is 1.56. The molecule has 1 aliphatic carbocycles. The molecule has 0 unspecified atom stereocenters. The molecule has 1 amide bonds. The third-order valence-electron chi connectivity index (χ3n) is 8.85. The predicted molar refractivity (Wildman–Crippen MR) is 230 cm³/mol. The second-order valence-corrected chi connectivity index (χ2v) is 30.2. The number of benzene rings is 1. The molecule has 3 aromatic rings. The van der Waals surface area contributed by atoms with Crippen LogP contribution in [0, 0.1) is 0 Å². The molecule has 52 heavy (non-hydrogen) atoms. The molecule has 1 saturated carbocycles.